The van der Waals surface area contributed by atoms with E-state index >= 15 is 0 Å². The second kappa shape index (κ2) is 4.76. The molecule has 0 atom stereocenters. The van der Waals surface area contributed by atoms with Crippen molar-refractivity contribution in [3.63, 3.8) is 0 Å². The Balaban J connectivity index is 2.43. The first kappa shape index (κ1) is 11.9. The maximum absolute atomic E-state index is 12.3. The fourth-order valence-electron chi connectivity index (χ4n) is 1.75. The van der Waals surface area contributed by atoms with Gasteiger partial charge in [0.2, 0.25) is 0 Å². The Labute approximate surface area is 107 Å². The molecule has 0 N–H and O–H groups in total. The Hall–Kier alpha value is -1.54. The molecule has 0 aliphatic heterocycles. The van der Waals surface area contributed by atoms with Crippen LogP contribution in [0.2, 0.25) is 0 Å². The first-order valence-electron chi connectivity index (χ1n) is 5.49. The molecule has 0 fully saturated rings. The average molecular weight is 242 g/mol. The van der Waals surface area contributed by atoms with E-state index in [1.165, 1.54) is 0 Å². The molecule has 0 aliphatic rings. The van der Waals surface area contributed by atoms with Gasteiger partial charge in [0.15, 0.2) is 5.78 Å². The molecule has 0 bridgehead atoms. The van der Waals surface area contributed by atoms with E-state index in [0.29, 0.717) is 5.56 Å². The molecule has 0 aliphatic carbocycles. The summed E-state index contributed by atoms with van der Waals surface area (Å²) >= 11 is 4.21. The molecule has 2 aromatic carbocycles. The maximum Gasteiger partial charge on any atom is 0.193 e. The first-order chi connectivity index (χ1) is 8.08. The van der Waals surface area contributed by atoms with Crippen LogP contribution in [0.5, 0.6) is 0 Å². The number of ketones is 1. The van der Waals surface area contributed by atoms with E-state index in [2.05, 4.69) is 12.6 Å². The summed E-state index contributed by atoms with van der Waals surface area (Å²) in [5.74, 6) is 0.0690. The third-order valence-corrected chi connectivity index (χ3v) is 3.07. The molecule has 2 heteroatoms. The second-order valence-corrected chi connectivity index (χ2v) is 4.71. The van der Waals surface area contributed by atoms with Gasteiger partial charge < -0.3 is 0 Å². The van der Waals surface area contributed by atoms with Crippen LogP contribution in [-0.4, -0.2) is 5.78 Å². The van der Waals surface area contributed by atoms with Gasteiger partial charge >= 0.3 is 0 Å². The van der Waals surface area contributed by atoms with Crippen LogP contribution in [0.25, 0.3) is 0 Å². The molecule has 0 aromatic heterocycles. The van der Waals surface area contributed by atoms with Gasteiger partial charge in [0.05, 0.1) is 0 Å². The highest BCUT2D eigenvalue weighted by atomic mass is 32.1. The predicted molar refractivity (Wildman–Crippen MR) is 73.0 cm³/mol. The van der Waals surface area contributed by atoms with Crippen molar-refractivity contribution in [1.29, 1.82) is 0 Å². The second-order valence-electron chi connectivity index (χ2n) is 4.19. The van der Waals surface area contributed by atoms with Crippen LogP contribution in [-0.2, 0) is 0 Å². The highest BCUT2D eigenvalue weighted by molar-refractivity contribution is 7.80. The smallest absolute Gasteiger partial charge is 0.193 e. The lowest BCUT2D eigenvalue weighted by Gasteiger charge is -2.06. The lowest BCUT2D eigenvalue weighted by molar-refractivity contribution is 0.103. The lowest BCUT2D eigenvalue weighted by Crippen LogP contribution is -2.03. The van der Waals surface area contributed by atoms with E-state index in [1.54, 1.807) is 0 Å². The van der Waals surface area contributed by atoms with E-state index < -0.39 is 0 Å². The Morgan fingerprint density at radius 1 is 1.00 bits per heavy atom. The number of aryl methyl sites for hydroxylation is 2. The van der Waals surface area contributed by atoms with Gasteiger partial charge in [0.25, 0.3) is 0 Å². The van der Waals surface area contributed by atoms with E-state index in [0.717, 1.165) is 21.6 Å². The van der Waals surface area contributed by atoms with E-state index in [4.69, 9.17) is 0 Å². The van der Waals surface area contributed by atoms with Crippen LogP contribution < -0.4 is 0 Å². The normalized spacial score (nSPS) is 10.3. The summed E-state index contributed by atoms with van der Waals surface area (Å²) in [7, 11) is 0. The standard InChI is InChI=1S/C15H14OS/c1-10-3-4-11(2)14(9-10)15(16)12-5-7-13(17)8-6-12/h3-9,17H,1-2H3. The number of carbonyl (C=O) groups excluding carboxylic acids is 1. The summed E-state index contributed by atoms with van der Waals surface area (Å²) in [4.78, 5) is 13.2. The van der Waals surface area contributed by atoms with Crippen LogP contribution in [0.15, 0.2) is 47.4 Å². The van der Waals surface area contributed by atoms with Crippen LogP contribution in [0.1, 0.15) is 27.0 Å². The Bertz CT molecular complexity index is 556. The summed E-state index contributed by atoms with van der Waals surface area (Å²) < 4.78 is 0. The highest BCUT2D eigenvalue weighted by Gasteiger charge is 2.11. The van der Waals surface area contributed by atoms with Crippen molar-refractivity contribution in [3.8, 4) is 0 Å². The minimum Gasteiger partial charge on any atom is -0.289 e. The minimum absolute atomic E-state index is 0.0690. The van der Waals surface area contributed by atoms with Gasteiger partial charge in [0.1, 0.15) is 0 Å². The lowest BCUT2D eigenvalue weighted by atomic mass is 9.97. The molecule has 0 saturated carbocycles. The topological polar surface area (TPSA) is 17.1 Å². The molecule has 1 nitrogen and oxygen atoms in total. The first-order valence-corrected chi connectivity index (χ1v) is 5.93. The van der Waals surface area contributed by atoms with Gasteiger partial charge in [-0.15, -0.1) is 12.6 Å². The quantitative estimate of drug-likeness (QED) is 0.625. The van der Waals surface area contributed by atoms with Gasteiger partial charge in [-0.3, -0.25) is 4.79 Å². The molecule has 0 unspecified atom stereocenters. The monoisotopic (exact) mass is 242 g/mol. The summed E-state index contributed by atoms with van der Waals surface area (Å²) in [6.07, 6.45) is 0. The zero-order valence-corrected chi connectivity index (χ0v) is 10.8. The van der Waals surface area contributed by atoms with E-state index in [1.807, 2.05) is 56.3 Å². The van der Waals surface area contributed by atoms with Crippen molar-refractivity contribution >= 4 is 18.4 Å². The van der Waals surface area contributed by atoms with Gasteiger partial charge in [-0.2, -0.15) is 0 Å². The number of benzene rings is 2. The SMILES string of the molecule is Cc1ccc(C)c(C(=O)c2ccc(S)cc2)c1. The van der Waals surface area contributed by atoms with Gasteiger partial charge in [-0.25, -0.2) is 0 Å². The molecule has 86 valence electrons. The van der Waals surface area contributed by atoms with Crippen LogP contribution in [0.4, 0.5) is 0 Å². The molecule has 0 spiro atoms. The summed E-state index contributed by atoms with van der Waals surface area (Å²) in [5, 5.41) is 0. The van der Waals surface area contributed by atoms with Gasteiger partial charge in [-0.1, -0.05) is 17.7 Å². The Morgan fingerprint density at radius 2 is 1.65 bits per heavy atom. The van der Waals surface area contributed by atoms with Crippen LogP contribution in [0.3, 0.4) is 0 Å². The number of carbonyl (C=O) groups is 1. The molecule has 2 aromatic rings. The molecular weight excluding hydrogens is 228 g/mol. The van der Waals surface area contributed by atoms with Gasteiger partial charge in [-0.05, 0) is 49.7 Å². The van der Waals surface area contributed by atoms with Crippen molar-refractivity contribution in [2.24, 2.45) is 0 Å². The van der Waals surface area contributed by atoms with Crippen molar-refractivity contribution in [2.75, 3.05) is 0 Å². The van der Waals surface area contributed by atoms with Crippen molar-refractivity contribution in [1.82, 2.24) is 0 Å². The van der Waals surface area contributed by atoms with Crippen molar-refractivity contribution in [2.45, 2.75) is 18.7 Å². The van der Waals surface area contributed by atoms with Gasteiger partial charge in [0, 0.05) is 16.0 Å². The van der Waals surface area contributed by atoms with Crippen LogP contribution in [0, 0.1) is 13.8 Å². The van der Waals surface area contributed by atoms with Crippen LogP contribution >= 0.6 is 12.6 Å². The molecule has 0 amide bonds. The fraction of sp³-hybridized carbons (Fsp3) is 0.133. The third-order valence-electron chi connectivity index (χ3n) is 2.77. The van der Waals surface area contributed by atoms with Crippen molar-refractivity contribution < 1.29 is 4.79 Å². The predicted octanol–water partition coefficient (Wildman–Crippen LogP) is 3.82. The fourth-order valence-corrected chi connectivity index (χ4v) is 1.90. The summed E-state index contributed by atoms with van der Waals surface area (Å²) in [6.45, 7) is 3.95. The summed E-state index contributed by atoms with van der Waals surface area (Å²) in [5.41, 5.74) is 3.59. The molecule has 0 radical (unpaired) electrons. The average Bonchev–Trinajstić information content (AvgIpc) is 2.32. The maximum atomic E-state index is 12.3. The highest BCUT2D eigenvalue weighted by Crippen LogP contribution is 2.17. The Kier molecular flexibility index (Phi) is 3.34. The number of thiol groups is 1. The number of hydrogen-bond donors (Lipinski definition) is 1. The minimum atomic E-state index is 0.0690. The number of hydrogen-bond acceptors (Lipinski definition) is 2. The third kappa shape index (κ3) is 2.59. The largest absolute Gasteiger partial charge is 0.289 e. The molecule has 0 saturated heterocycles. The van der Waals surface area contributed by atoms with Crippen molar-refractivity contribution in [3.05, 3.63) is 64.7 Å². The zero-order chi connectivity index (χ0) is 12.4. The molecular formula is C15H14OS. The Morgan fingerprint density at radius 3 is 2.29 bits per heavy atom. The molecule has 0 heterocycles. The summed E-state index contributed by atoms with van der Waals surface area (Å²) in [6, 6.07) is 13.2. The molecule has 2 rings (SSSR count). The zero-order valence-electron chi connectivity index (χ0n) is 9.90. The van der Waals surface area contributed by atoms with E-state index in [9.17, 15) is 4.79 Å². The molecule has 17 heavy (non-hydrogen) atoms. The number of rotatable bonds is 2. The van der Waals surface area contributed by atoms with E-state index in [-0.39, 0.29) is 5.78 Å².